The van der Waals surface area contributed by atoms with Crippen molar-refractivity contribution in [3.05, 3.63) is 59.2 Å². The molecule has 3 aromatic rings. The zero-order chi connectivity index (χ0) is 26.9. The number of ketones is 2. The Morgan fingerprint density at radius 3 is 2.19 bits per heavy atom. The number of phenolic OH excluding ortho intramolecular Hbond substituents is 1. The molecule has 1 N–H and O–H groups in total. The maximum atomic E-state index is 12.5. The van der Waals surface area contributed by atoms with Crippen molar-refractivity contribution >= 4 is 28.3 Å². The highest BCUT2D eigenvalue weighted by molar-refractivity contribution is 6.09. The van der Waals surface area contributed by atoms with Crippen LogP contribution in [0.25, 0.3) is 10.8 Å². The second-order valence-electron chi connectivity index (χ2n) is 8.54. The Balaban J connectivity index is 1.69. The van der Waals surface area contributed by atoms with Crippen LogP contribution in [-0.2, 0) is 16.0 Å². The molecule has 0 aliphatic heterocycles. The Bertz CT molecular complexity index is 1290. The lowest BCUT2D eigenvalue weighted by molar-refractivity contribution is -0.142. The molecule has 0 bridgehead atoms. The molecule has 0 spiro atoms. The van der Waals surface area contributed by atoms with Crippen LogP contribution >= 0.6 is 0 Å². The Kier molecular flexibility index (Phi) is 9.49. The summed E-state index contributed by atoms with van der Waals surface area (Å²) in [7, 11) is 1.28. The lowest BCUT2D eigenvalue weighted by Crippen LogP contribution is -2.12. The number of fused-ring (bicyclic) bond motifs is 1. The molecule has 0 aromatic heterocycles. The van der Waals surface area contributed by atoms with Gasteiger partial charge in [0.1, 0.15) is 23.0 Å². The van der Waals surface area contributed by atoms with E-state index >= 15 is 0 Å². The highest BCUT2D eigenvalue weighted by atomic mass is 16.6. The zero-order valence-electron chi connectivity index (χ0n) is 21.6. The van der Waals surface area contributed by atoms with Gasteiger partial charge in [0.25, 0.3) is 0 Å². The maximum absolute atomic E-state index is 12.5. The number of Topliss-reactive ketones (excluding diaryl/α,β-unsaturated/α-hetero) is 2. The molecule has 0 heterocycles. The van der Waals surface area contributed by atoms with Gasteiger partial charge in [-0.2, -0.15) is 0 Å². The molecule has 8 heteroatoms. The molecule has 0 fully saturated rings. The monoisotopic (exact) mass is 508 g/mol. The molecule has 0 saturated heterocycles. The van der Waals surface area contributed by atoms with Crippen molar-refractivity contribution in [2.75, 3.05) is 26.9 Å². The van der Waals surface area contributed by atoms with Crippen molar-refractivity contribution in [1.29, 1.82) is 0 Å². The molecule has 0 aliphatic carbocycles. The minimum Gasteiger partial charge on any atom is -0.507 e. The van der Waals surface area contributed by atoms with Crippen LogP contribution in [0.4, 0.5) is 0 Å². The first-order valence-corrected chi connectivity index (χ1v) is 12.2. The predicted octanol–water partition coefficient (Wildman–Crippen LogP) is 5.30. The topological polar surface area (TPSA) is 108 Å². The number of esters is 1. The standard InChI is InChI=1S/C29H32O8/c1-5-7-23-25(13-11-22(18(2)30)29(23)33)35-14-6-15-36-26-12-9-20-8-10-21(37-17-27(32)34-4)16-24(20)28(26)19(3)31/h8-13,16,33H,5-7,14-15,17H2,1-4H3. The minimum atomic E-state index is -0.502. The quantitative estimate of drug-likeness (QED) is 0.188. The van der Waals surface area contributed by atoms with Crippen LogP contribution in [0.3, 0.4) is 0 Å². The molecule has 0 unspecified atom stereocenters. The zero-order valence-corrected chi connectivity index (χ0v) is 21.6. The fourth-order valence-corrected chi connectivity index (χ4v) is 4.01. The summed E-state index contributed by atoms with van der Waals surface area (Å²) in [5, 5.41) is 12.0. The SMILES string of the molecule is CCCc1c(OCCCOc2ccc3ccc(OCC(=O)OC)cc3c2C(C)=O)ccc(C(C)=O)c1O. The number of ether oxygens (including phenoxy) is 4. The molecule has 37 heavy (non-hydrogen) atoms. The summed E-state index contributed by atoms with van der Waals surface area (Å²) in [4.78, 5) is 35.7. The molecule has 3 rings (SSSR count). The minimum absolute atomic E-state index is 0.0275. The second-order valence-corrected chi connectivity index (χ2v) is 8.54. The Morgan fingerprint density at radius 2 is 1.54 bits per heavy atom. The normalized spacial score (nSPS) is 10.7. The first-order valence-electron chi connectivity index (χ1n) is 12.2. The fraction of sp³-hybridized carbons (Fsp3) is 0.345. The summed E-state index contributed by atoms with van der Waals surface area (Å²) in [6.45, 7) is 5.26. The van der Waals surface area contributed by atoms with Gasteiger partial charge in [-0.1, -0.05) is 25.5 Å². The summed E-state index contributed by atoms with van der Waals surface area (Å²) in [6.07, 6.45) is 1.90. The van der Waals surface area contributed by atoms with Gasteiger partial charge in [0.2, 0.25) is 0 Å². The molecule has 0 radical (unpaired) electrons. The van der Waals surface area contributed by atoms with E-state index in [4.69, 9.17) is 14.2 Å². The van der Waals surface area contributed by atoms with Crippen LogP contribution in [0.15, 0.2) is 42.5 Å². The third-order valence-electron chi connectivity index (χ3n) is 5.81. The van der Waals surface area contributed by atoms with E-state index in [2.05, 4.69) is 4.74 Å². The van der Waals surface area contributed by atoms with Crippen LogP contribution in [0.5, 0.6) is 23.0 Å². The molecule has 0 aliphatic rings. The summed E-state index contributed by atoms with van der Waals surface area (Å²) < 4.78 is 21.9. The van der Waals surface area contributed by atoms with Crippen molar-refractivity contribution in [2.45, 2.75) is 40.0 Å². The number of phenols is 1. The average Bonchev–Trinajstić information content (AvgIpc) is 2.87. The van der Waals surface area contributed by atoms with Crippen LogP contribution in [0.2, 0.25) is 0 Å². The number of carbonyl (C=O) groups excluding carboxylic acids is 3. The largest absolute Gasteiger partial charge is 0.507 e. The van der Waals surface area contributed by atoms with E-state index in [-0.39, 0.29) is 29.5 Å². The van der Waals surface area contributed by atoms with Gasteiger partial charge < -0.3 is 24.1 Å². The van der Waals surface area contributed by atoms with E-state index in [9.17, 15) is 19.5 Å². The highest BCUT2D eigenvalue weighted by Crippen LogP contribution is 2.34. The van der Waals surface area contributed by atoms with Crippen molar-refractivity contribution in [1.82, 2.24) is 0 Å². The number of benzene rings is 3. The molecule has 0 atom stereocenters. The third-order valence-corrected chi connectivity index (χ3v) is 5.81. The smallest absolute Gasteiger partial charge is 0.343 e. The Morgan fingerprint density at radius 1 is 0.865 bits per heavy atom. The Labute approximate surface area is 216 Å². The summed E-state index contributed by atoms with van der Waals surface area (Å²) >= 11 is 0. The van der Waals surface area contributed by atoms with E-state index in [0.717, 1.165) is 11.8 Å². The van der Waals surface area contributed by atoms with E-state index in [1.54, 1.807) is 30.3 Å². The fourth-order valence-electron chi connectivity index (χ4n) is 4.01. The van der Waals surface area contributed by atoms with Crippen LogP contribution in [0.1, 0.15) is 59.9 Å². The van der Waals surface area contributed by atoms with Crippen LogP contribution < -0.4 is 14.2 Å². The lowest BCUT2D eigenvalue weighted by atomic mass is 10.0. The second kappa shape index (κ2) is 12.8. The van der Waals surface area contributed by atoms with Gasteiger partial charge in [-0.15, -0.1) is 0 Å². The molecule has 196 valence electrons. The molecule has 8 nitrogen and oxygen atoms in total. The predicted molar refractivity (Wildman–Crippen MR) is 139 cm³/mol. The number of aromatic hydroxyl groups is 1. The van der Waals surface area contributed by atoms with Gasteiger partial charge in [0.15, 0.2) is 18.2 Å². The van der Waals surface area contributed by atoms with Crippen LogP contribution in [-0.4, -0.2) is 49.6 Å². The van der Waals surface area contributed by atoms with E-state index in [0.29, 0.717) is 59.8 Å². The van der Waals surface area contributed by atoms with Crippen molar-refractivity contribution in [3.8, 4) is 23.0 Å². The van der Waals surface area contributed by atoms with Crippen LogP contribution in [0, 0.1) is 0 Å². The van der Waals surface area contributed by atoms with Gasteiger partial charge in [-0.05, 0) is 61.4 Å². The van der Waals surface area contributed by atoms with E-state index < -0.39 is 5.97 Å². The molecular weight excluding hydrogens is 476 g/mol. The number of rotatable bonds is 13. The Hall–Kier alpha value is -4.07. The lowest BCUT2D eigenvalue weighted by Gasteiger charge is -2.16. The summed E-state index contributed by atoms with van der Waals surface area (Å²) in [6, 6.07) is 12.1. The van der Waals surface area contributed by atoms with Crippen molar-refractivity contribution in [3.63, 3.8) is 0 Å². The third kappa shape index (κ3) is 6.78. The van der Waals surface area contributed by atoms with Gasteiger partial charge in [-0.3, -0.25) is 9.59 Å². The van der Waals surface area contributed by atoms with Crippen molar-refractivity contribution < 1.29 is 38.4 Å². The summed E-state index contributed by atoms with van der Waals surface area (Å²) in [5.74, 6) is 0.534. The van der Waals surface area contributed by atoms with E-state index in [1.165, 1.54) is 21.0 Å². The van der Waals surface area contributed by atoms with Gasteiger partial charge in [0.05, 0.1) is 31.5 Å². The molecular formula is C29H32O8. The molecule has 0 saturated carbocycles. The van der Waals surface area contributed by atoms with Gasteiger partial charge in [-0.25, -0.2) is 4.79 Å². The number of hydrogen-bond acceptors (Lipinski definition) is 8. The van der Waals surface area contributed by atoms with Crippen molar-refractivity contribution in [2.24, 2.45) is 0 Å². The van der Waals surface area contributed by atoms with Gasteiger partial charge in [0, 0.05) is 12.0 Å². The number of carbonyl (C=O) groups is 3. The maximum Gasteiger partial charge on any atom is 0.343 e. The molecule has 0 amide bonds. The average molecular weight is 509 g/mol. The van der Waals surface area contributed by atoms with E-state index in [1.807, 2.05) is 19.1 Å². The number of methoxy groups -OCH3 is 1. The highest BCUT2D eigenvalue weighted by Gasteiger charge is 2.17. The first-order chi connectivity index (χ1) is 17.8. The first kappa shape index (κ1) is 27.5. The molecule has 3 aromatic carbocycles. The van der Waals surface area contributed by atoms with Gasteiger partial charge >= 0.3 is 5.97 Å². The number of hydrogen-bond donors (Lipinski definition) is 1. The summed E-state index contributed by atoms with van der Waals surface area (Å²) in [5.41, 5.74) is 1.33.